The zero-order valence-corrected chi connectivity index (χ0v) is 13.0. The number of aliphatic hydroxyl groups is 1. The first-order valence-electron chi connectivity index (χ1n) is 7.45. The molecule has 1 heterocycles. The van der Waals surface area contributed by atoms with E-state index in [1.54, 1.807) is 30.3 Å². The molecule has 7 heteroatoms. The first kappa shape index (κ1) is 16.4. The molecule has 0 bridgehead atoms. The van der Waals surface area contributed by atoms with E-state index in [4.69, 9.17) is 0 Å². The molecular formula is C18H13N3O4. The van der Waals surface area contributed by atoms with Gasteiger partial charge in [0.1, 0.15) is 0 Å². The highest BCUT2D eigenvalue weighted by Gasteiger charge is 2.35. The molecule has 1 amide bonds. The Morgan fingerprint density at radius 1 is 1.28 bits per heavy atom. The van der Waals surface area contributed by atoms with E-state index < -0.39 is 11.2 Å². The number of hydrogen-bond donors (Lipinski definition) is 1. The lowest BCUT2D eigenvalue weighted by atomic mass is 10.1. The molecule has 2 aromatic rings. The van der Waals surface area contributed by atoms with Gasteiger partial charge in [0.25, 0.3) is 11.6 Å². The topological polar surface area (TPSA) is 107 Å². The van der Waals surface area contributed by atoms with E-state index in [1.165, 1.54) is 24.3 Å². The van der Waals surface area contributed by atoms with Crippen LogP contribution in [0.2, 0.25) is 0 Å². The van der Waals surface area contributed by atoms with Crippen LogP contribution in [0, 0.1) is 21.4 Å². The van der Waals surface area contributed by atoms with Crippen LogP contribution in [0.15, 0.2) is 54.1 Å². The number of carbonyl (C=O) groups excluding carboxylic acids is 1. The number of fused-ring (bicyclic) bond motifs is 1. The molecule has 0 saturated carbocycles. The van der Waals surface area contributed by atoms with Crippen molar-refractivity contribution in [3.05, 3.63) is 80.9 Å². The number of para-hydroxylation sites is 1. The van der Waals surface area contributed by atoms with Crippen LogP contribution in [0.3, 0.4) is 0 Å². The second-order valence-electron chi connectivity index (χ2n) is 5.49. The second kappa shape index (κ2) is 6.55. The number of nitro benzene ring substituents is 1. The third-order valence-electron chi connectivity index (χ3n) is 3.97. The molecule has 1 N–H and O–H groups in total. The number of nitrogens with zero attached hydrogens (tertiary/aromatic N) is 3. The summed E-state index contributed by atoms with van der Waals surface area (Å²) in [6.45, 7) is -0.142. The highest BCUT2D eigenvalue weighted by atomic mass is 16.6. The molecule has 0 spiro atoms. The largest absolute Gasteiger partial charge is 0.369 e. The average molecular weight is 335 g/mol. The van der Waals surface area contributed by atoms with Crippen molar-refractivity contribution in [3.63, 3.8) is 0 Å². The Bertz CT molecular complexity index is 930. The number of nitro groups is 1. The average Bonchev–Trinajstić information content (AvgIpc) is 2.86. The molecule has 1 aliphatic heterocycles. The Morgan fingerprint density at radius 3 is 2.64 bits per heavy atom. The number of hydrogen-bond acceptors (Lipinski definition) is 5. The highest BCUT2D eigenvalue weighted by Crippen LogP contribution is 2.32. The van der Waals surface area contributed by atoms with E-state index in [0.29, 0.717) is 11.1 Å². The van der Waals surface area contributed by atoms with E-state index >= 15 is 0 Å². The van der Waals surface area contributed by atoms with Crippen molar-refractivity contribution in [1.82, 2.24) is 4.90 Å². The molecule has 7 nitrogen and oxygen atoms in total. The van der Waals surface area contributed by atoms with E-state index in [1.807, 2.05) is 6.07 Å². The summed E-state index contributed by atoms with van der Waals surface area (Å²) in [5, 5.41) is 30.8. The van der Waals surface area contributed by atoms with E-state index in [9.17, 15) is 25.3 Å². The highest BCUT2D eigenvalue weighted by molar-refractivity contribution is 5.99. The van der Waals surface area contributed by atoms with Gasteiger partial charge in [-0.2, -0.15) is 5.26 Å². The Balaban J connectivity index is 1.91. The lowest BCUT2D eigenvalue weighted by Crippen LogP contribution is -2.29. The van der Waals surface area contributed by atoms with Gasteiger partial charge in [-0.1, -0.05) is 30.3 Å². The zero-order valence-electron chi connectivity index (χ0n) is 13.0. The summed E-state index contributed by atoms with van der Waals surface area (Å²) >= 11 is 0. The first-order chi connectivity index (χ1) is 12.0. The fourth-order valence-corrected chi connectivity index (χ4v) is 2.77. The van der Waals surface area contributed by atoms with Crippen LogP contribution < -0.4 is 0 Å². The summed E-state index contributed by atoms with van der Waals surface area (Å²) in [4.78, 5) is 24.1. The standard InChI is InChI=1S/C18H13N3O4/c19-10-12(9-13-5-1-4-8-16(13)21(24)25)11-20-17(22)14-6-2-3-7-15(14)18(20)23/h1-9,17,22H,11H2/b12-9+. The van der Waals surface area contributed by atoms with Gasteiger partial charge in [0.2, 0.25) is 0 Å². The molecule has 1 unspecified atom stereocenters. The maximum atomic E-state index is 12.4. The summed E-state index contributed by atoms with van der Waals surface area (Å²) < 4.78 is 0. The maximum Gasteiger partial charge on any atom is 0.276 e. The second-order valence-corrected chi connectivity index (χ2v) is 5.49. The maximum absolute atomic E-state index is 12.4. The minimum Gasteiger partial charge on any atom is -0.369 e. The van der Waals surface area contributed by atoms with Gasteiger partial charge >= 0.3 is 0 Å². The lowest BCUT2D eigenvalue weighted by molar-refractivity contribution is -0.385. The zero-order chi connectivity index (χ0) is 18.0. The predicted octanol–water partition coefficient (Wildman–Crippen LogP) is 2.65. The number of amides is 1. The summed E-state index contributed by atoms with van der Waals surface area (Å²) in [6.07, 6.45) is 0.215. The predicted molar refractivity (Wildman–Crippen MR) is 89.1 cm³/mol. The van der Waals surface area contributed by atoms with Crippen molar-refractivity contribution < 1.29 is 14.8 Å². The molecule has 25 heavy (non-hydrogen) atoms. The van der Waals surface area contributed by atoms with Crippen LogP contribution in [0.25, 0.3) is 6.08 Å². The quantitative estimate of drug-likeness (QED) is 0.525. The molecule has 1 atom stereocenters. The monoisotopic (exact) mass is 335 g/mol. The van der Waals surface area contributed by atoms with Crippen LogP contribution in [-0.4, -0.2) is 27.4 Å². The molecule has 0 radical (unpaired) electrons. The number of rotatable bonds is 4. The van der Waals surface area contributed by atoms with Crippen LogP contribution in [-0.2, 0) is 0 Å². The van der Waals surface area contributed by atoms with Crippen LogP contribution >= 0.6 is 0 Å². The Hall–Kier alpha value is -3.50. The minimum absolute atomic E-state index is 0.133. The van der Waals surface area contributed by atoms with Gasteiger partial charge in [0.05, 0.1) is 23.1 Å². The van der Waals surface area contributed by atoms with Crippen molar-refractivity contribution in [3.8, 4) is 6.07 Å². The lowest BCUT2D eigenvalue weighted by Gasteiger charge is -2.20. The Kier molecular flexibility index (Phi) is 4.29. The molecule has 124 valence electrons. The fourth-order valence-electron chi connectivity index (χ4n) is 2.77. The Morgan fingerprint density at radius 2 is 1.96 bits per heavy atom. The van der Waals surface area contributed by atoms with Crippen molar-refractivity contribution in [2.45, 2.75) is 6.23 Å². The SMILES string of the molecule is N#C/C(=C\c1ccccc1[N+](=O)[O-])CN1C(=O)c2ccccc2C1O. The minimum atomic E-state index is -1.15. The van der Waals surface area contributed by atoms with Gasteiger partial charge in [-0.05, 0) is 18.2 Å². The summed E-state index contributed by atoms with van der Waals surface area (Å²) in [7, 11) is 0. The van der Waals surface area contributed by atoms with Gasteiger partial charge in [-0.25, -0.2) is 0 Å². The van der Waals surface area contributed by atoms with E-state index in [-0.39, 0.29) is 29.3 Å². The Labute approximate surface area is 143 Å². The molecule has 0 aliphatic carbocycles. The number of nitriles is 1. The molecule has 1 aliphatic rings. The molecular weight excluding hydrogens is 322 g/mol. The summed E-state index contributed by atoms with van der Waals surface area (Å²) in [5.74, 6) is -0.383. The van der Waals surface area contributed by atoms with Crippen LogP contribution in [0.1, 0.15) is 27.7 Å². The smallest absolute Gasteiger partial charge is 0.276 e. The molecule has 2 aromatic carbocycles. The normalized spacial score (nSPS) is 16.5. The van der Waals surface area contributed by atoms with Crippen LogP contribution in [0.5, 0.6) is 0 Å². The summed E-state index contributed by atoms with van der Waals surface area (Å²) in [6, 6.07) is 14.6. The number of aliphatic hydroxyl groups excluding tert-OH is 1. The molecule has 0 saturated heterocycles. The van der Waals surface area contributed by atoms with Gasteiger partial charge in [0, 0.05) is 22.8 Å². The van der Waals surface area contributed by atoms with E-state index in [2.05, 4.69) is 0 Å². The van der Waals surface area contributed by atoms with Gasteiger partial charge in [-0.3, -0.25) is 14.9 Å². The number of benzene rings is 2. The van der Waals surface area contributed by atoms with Crippen molar-refractivity contribution >= 4 is 17.7 Å². The van der Waals surface area contributed by atoms with Gasteiger partial charge in [0.15, 0.2) is 6.23 Å². The third-order valence-corrected chi connectivity index (χ3v) is 3.97. The number of carbonyl (C=O) groups is 1. The van der Waals surface area contributed by atoms with Crippen molar-refractivity contribution in [2.24, 2.45) is 0 Å². The molecule has 0 aromatic heterocycles. The molecule has 0 fully saturated rings. The third kappa shape index (κ3) is 2.98. The molecule has 3 rings (SSSR count). The van der Waals surface area contributed by atoms with E-state index in [0.717, 1.165) is 4.90 Å². The summed E-state index contributed by atoms with van der Waals surface area (Å²) in [5.41, 5.74) is 1.14. The van der Waals surface area contributed by atoms with Gasteiger partial charge in [-0.15, -0.1) is 0 Å². The van der Waals surface area contributed by atoms with Gasteiger partial charge < -0.3 is 10.0 Å². The van der Waals surface area contributed by atoms with Crippen LogP contribution in [0.4, 0.5) is 5.69 Å². The van der Waals surface area contributed by atoms with Crippen molar-refractivity contribution in [2.75, 3.05) is 6.54 Å². The fraction of sp³-hybridized carbons (Fsp3) is 0.111. The van der Waals surface area contributed by atoms with Crippen molar-refractivity contribution in [1.29, 1.82) is 5.26 Å². The first-order valence-corrected chi connectivity index (χ1v) is 7.45.